The van der Waals surface area contributed by atoms with Crippen LogP contribution in [0.1, 0.15) is 24.9 Å². The van der Waals surface area contributed by atoms with Gasteiger partial charge in [0.1, 0.15) is 5.75 Å². The fourth-order valence-corrected chi connectivity index (χ4v) is 4.46. The van der Waals surface area contributed by atoms with Gasteiger partial charge >= 0.3 is 0 Å². The van der Waals surface area contributed by atoms with Crippen molar-refractivity contribution in [1.29, 1.82) is 0 Å². The maximum atomic E-state index is 6.11. The van der Waals surface area contributed by atoms with E-state index < -0.39 is 0 Å². The predicted octanol–water partition coefficient (Wildman–Crippen LogP) is 3.41. The smallest absolute Gasteiger partial charge is 0.202 e. The van der Waals surface area contributed by atoms with Crippen LogP contribution in [0.15, 0.2) is 27.7 Å². The first-order valence-electron chi connectivity index (χ1n) is 6.12. The molecular weight excluding hydrogens is 312 g/mol. The molecule has 1 aromatic rings. The van der Waals surface area contributed by atoms with Gasteiger partial charge in [-0.2, -0.15) is 0 Å². The van der Waals surface area contributed by atoms with E-state index in [9.17, 15) is 0 Å². The van der Waals surface area contributed by atoms with E-state index in [4.69, 9.17) is 9.73 Å². The fourth-order valence-electron chi connectivity index (χ4n) is 2.97. The van der Waals surface area contributed by atoms with Gasteiger partial charge in [-0.1, -0.05) is 27.7 Å². The molecule has 5 heteroatoms. The highest BCUT2D eigenvalue weighted by atomic mass is 79.9. The van der Waals surface area contributed by atoms with Gasteiger partial charge in [0.2, 0.25) is 5.72 Å². The second-order valence-electron chi connectivity index (χ2n) is 5.12. The number of amidine groups is 1. The first kappa shape index (κ1) is 11.2. The molecular formula is C13H13BrN2OS. The van der Waals surface area contributed by atoms with Crippen LogP contribution in [-0.4, -0.2) is 28.1 Å². The van der Waals surface area contributed by atoms with Gasteiger partial charge in [-0.15, -0.1) is 0 Å². The summed E-state index contributed by atoms with van der Waals surface area (Å²) < 4.78 is 7.22. The molecule has 1 aromatic carbocycles. The second kappa shape index (κ2) is 3.67. The Labute approximate surface area is 119 Å². The number of ether oxygens (including phenoxy) is 1. The summed E-state index contributed by atoms with van der Waals surface area (Å²) in [6, 6.07) is 6.69. The van der Waals surface area contributed by atoms with Crippen molar-refractivity contribution in [3.63, 3.8) is 0 Å². The Bertz CT molecular complexity index is 562. The van der Waals surface area contributed by atoms with E-state index in [2.05, 4.69) is 33.8 Å². The van der Waals surface area contributed by atoms with E-state index in [1.54, 1.807) is 0 Å². The molecule has 1 fully saturated rings. The van der Waals surface area contributed by atoms with Crippen molar-refractivity contribution >= 4 is 32.9 Å². The highest BCUT2D eigenvalue weighted by molar-refractivity contribution is 9.10. The molecule has 3 aliphatic heterocycles. The monoisotopic (exact) mass is 324 g/mol. The Balaban J connectivity index is 1.89. The zero-order valence-corrected chi connectivity index (χ0v) is 12.4. The lowest BCUT2D eigenvalue weighted by atomic mass is 9.91. The van der Waals surface area contributed by atoms with Crippen molar-refractivity contribution in [2.24, 2.45) is 4.99 Å². The normalized spacial score (nSPS) is 32.4. The molecule has 94 valence electrons. The number of hydrogen-bond donors (Lipinski definition) is 0. The Hall–Kier alpha value is -0.680. The first-order chi connectivity index (χ1) is 8.65. The topological polar surface area (TPSA) is 24.8 Å². The number of thioether (sulfide) groups is 1. The molecule has 2 bridgehead atoms. The quantitative estimate of drug-likeness (QED) is 0.731. The van der Waals surface area contributed by atoms with Gasteiger partial charge in [-0.25, -0.2) is 4.99 Å². The molecule has 2 atom stereocenters. The van der Waals surface area contributed by atoms with Crippen LogP contribution < -0.4 is 4.74 Å². The molecule has 0 aromatic heterocycles. The minimum atomic E-state index is -0.380. The van der Waals surface area contributed by atoms with Crippen LogP contribution in [0.4, 0.5) is 0 Å². The Morgan fingerprint density at radius 3 is 3.33 bits per heavy atom. The third-order valence-electron chi connectivity index (χ3n) is 3.75. The molecule has 0 aliphatic carbocycles. The highest BCUT2D eigenvalue weighted by Gasteiger charge is 2.46. The van der Waals surface area contributed by atoms with Gasteiger partial charge in [0.25, 0.3) is 0 Å². The average Bonchev–Trinajstić information content (AvgIpc) is 2.77. The molecule has 0 unspecified atom stereocenters. The number of hydrogen-bond acceptors (Lipinski definition) is 4. The van der Waals surface area contributed by atoms with E-state index in [0.717, 1.165) is 34.1 Å². The van der Waals surface area contributed by atoms with Crippen molar-refractivity contribution < 1.29 is 4.74 Å². The maximum Gasteiger partial charge on any atom is 0.202 e. The van der Waals surface area contributed by atoms with Crippen molar-refractivity contribution in [3.8, 4) is 5.75 Å². The van der Waals surface area contributed by atoms with Crippen LogP contribution >= 0.6 is 27.7 Å². The predicted molar refractivity (Wildman–Crippen MR) is 77.1 cm³/mol. The minimum absolute atomic E-state index is 0.380. The van der Waals surface area contributed by atoms with Gasteiger partial charge in [-0.05, 0) is 25.1 Å². The maximum absolute atomic E-state index is 6.11. The van der Waals surface area contributed by atoms with Crippen LogP contribution in [0.5, 0.6) is 5.75 Å². The Morgan fingerprint density at radius 2 is 2.44 bits per heavy atom. The average molecular weight is 325 g/mol. The molecule has 4 rings (SSSR count). The number of fused-ring (bicyclic) bond motifs is 6. The molecule has 3 heterocycles. The summed E-state index contributed by atoms with van der Waals surface area (Å²) in [4.78, 5) is 7.22. The molecule has 0 radical (unpaired) electrons. The lowest BCUT2D eigenvalue weighted by molar-refractivity contribution is 0.0271. The van der Waals surface area contributed by atoms with Crippen molar-refractivity contribution in [3.05, 3.63) is 28.2 Å². The number of halogens is 1. The van der Waals surface area contributed by atoms with Gasteiger partial charge in [0, 0.05) is 28.8 Å². The molecule has 3 nitrogen and oxygen atoms in total. The lowest BCUT2D eigenvalue weighted by Gasteiger charge is -2.45. The third kappa shape index (κ3) is 1.53. The zero-order valence-electron chi connectivity index (χ0n) is 10.0. The van der Waals surface area contributed by atoms with E-state index in [-0.39, 0.29) is 5.72 Å². The summed E-state index contributed by atoms with van der Waals surface area (Å²) in [5.41, 5.74) is 0.908. The molecule has 0 spiro atoms. The van der Waals surface area contributed by atoms with Crippen LogP contribution in [0.25, 0.3) is 0 Å². The molecule has 18 heavy (non-hydrogen) atoms. The van der Waals surface area contributed by atoms with Gasteiger partial charge < -0.3 is 9.64 Å². The zero-order chi connectivity index (χ0) is 12.3. The highest BCUT2D eigenvalue weighted by Crippen LogP contribution is 2.49. The van der Waals surface area contributed by atoms with E-state index in [0.29, 0.717) is 6.04 Å². The summed E-state index contributed by atoms with van der Waals surface area (Å²) in [6.45, 7) is 3.18. The largest absolute Gasteiger partial charge is 0.466 e. The summed E-state index contributed by atoms with van der Waals surface area (Å²) >= 11 is 5.40. The number of rotatable bonds is 0. The van der Waals surface area contributed by atoms with Crippen molar-refractivity contribution in [2.45, 2.75) is 25.1 Å². The van der Waals surface area contributed by atoms with Gasteiger partial charge in [-0.3, -0.25) is 0 Å². The van der Waals surface area contributed by atoms with Gasteiger partial charge in [0.05, 0.1) is 6.04 Å². The number of nitrogens with zero attached hydrogens (tertiary/aromatic N) is 2. The summed E-state index contributed by atoms with van der Waals surface area (Å²) in [5.74, 6) is 2.12. The van der Waals surface area contributed by atoms with Crippen LogP contribution in [-0.2, 0) is 0 Å². The Kier molecular flexibility index (Phi) is 2.28. The number of aliphatic imine (C=N–C) groups is 1. The van der Waals surface area contributed by atoms with Gasteiger partial charge in [0.15, 0.2) is 5.17 Å². The second-order valence-corrected chi connectivity index (χ2v) is 7.09. The van der Waals surface area contributed by atoms with Crippen molar-refractivity contribution in [2.75, 3.05) is 12.3 Å². The first-order valence-corrected chi connectivity index (χ1v) is 7.90. The van der Waals surface area contributed by atoms with E-state index >= 15 is 0 Å². The number of benzene rings is 1. The fraction of sp³-hybridized carbons (Fsp3) is 0.462. The van der Waals surface area contributed by atoms with Crippen LogP contribution in [0, 0.1) is 0 Å². The summed E-state index contributed by atoms with van der Waals surface area (Å²) in [5, 5.41) is 1.15. The van der Waals surface area contributed by atoms with Crippen LogP contribution in [0.3, 0.4) is 0 Å². The molecule has 0 N–H and O–H groups in total. The molecule has 3 aliphatic rings. The Morgan fingerprint density at radius 1 is 1.56 bits per heavy atom. The van der Waals surface area contributed by atoms with Crippen molar-refractivity contribution in [1.82, 2.24) is 4.90 Å². The van der Waals surface area contributed by atoms with E-state index in [1.165, 1.54) is 5.56 Å². The van der Waals surface area contributed by atoms with Crippen LogP contribution in [0.2, 0.25) is 0 Å². The third-order valence-corrected chi connectivity index (χ3v) is 5.21. The summed E-state index contributed by atoms with van der Waals surface area (Å²) in [7, 11) is 0. The molecule has 0 amide bonds. The molecule has 1 saturated heterocycles. The minimum Gasteiger partial charge on any atom is -0.466 e. The SMILES string of the molecule is C[C@@]12C[C@H](c3cc(Br)ccc3O1)N1CCSC1=N2. The lowest BCUT2D eigenvalue weighted by Crippen LogP contribution is -2.48. The van der Waals surface area contributed by atoms with E-state index in [1.807, 2.05) is 23.9 Å². The standard InChI is InChI=1S/C13H13BrN2OS/c1-13-7-10(16-4-5-18-12(16)15-13)9-6-8(14)2-3-11(9)17-13/h2-3,6,10H,4-5,7H2,1H3/t10-,13+/m1/s1. The molecule has 0 saturated carbocycles. The summed E-state index contributed by atoms with van der Waals surface area (Å²) in [6.07, 6.45) is 0.945.